The van der Waals surface area contributed by atoms with E-state index in [-0.39, 0.29) is 23.8 Å². The van der Waals surface area contributed by atoms with Crippen molar-refractivity contribution in [2.75, 3.05) is 13.1 Å². The Balaban J connectivity index is 1.88. The summed E-state index contributed by atoms with van der Waals surface area (Å²) in [5, 5.41) is 5.70. The predicted octanol–water partition coefficient (Wildman–Crippen LogP) is 0.199. The fraction of sp³-hybridized carbons (Fsp3) is 0.588. The number of amides is 3. The van der Waals surface area contributed by atoms with Crippen LogP contribution in [0, 0.1) is 0 Å². The van der Waals surface area contributed by atoms with Crippen LogP contribution in [0.3, 0.4) is 0 Å². The molecule has 1 fully saturated rings. The first-order valence-corrected chi connectivity index (χ1v) is 8.36. The summed E-state index contributed by atoms with van der Waals surface area (Å²) in [6.45, 7) is 4.20. The molecule has 2 N–H and O–H groups in total. The Labute approximate surface area is 142 Å². The summed E-state index contributed by atoms with van der Waals surface area (Å²) in [7, 11) is 1.95. The van der Waals surface area contributed by atoms with E-state index < -0.39 is 6.04 Å². The summed E-state index contributed by atoms with van der Waals surface area (Å²) in [5.74, 6) is -0.360. The van der Waals surface area contributed by atoms with E-state index in [2.05, 4.69) is 10.6 Å². The van der Waals surface area contributed by atoms with Crippen molar-refractivity contribution in [2.24, 2.45) is 7.05 Å². The van der Waals surface area contributed by atoms with Gasteiger partial charge in [0.2, 0.25) is 17.7 Å². The maximum Gasteiger partial charge on any atom is 0.242 e. The van der Waals surface area contributed by atoms with Gasteiger partial charge < -0.3 is 20.1 Å². The molecule has 3 amide bonds. The molecule has 1 aromatic rings. The lowest BCUT2D eigenvalue weighted by Crippen LogP contribution is -2.45. The van der Waals surface area contributed by atoms with Gasteiger partial charge in [0.05, 0.1) is 0 Å². The van der Waals surface area contributed by atoms with Crippen molar-refractivity contribution in [3.8, 4) is 0 Å². The number of hydrogen-bond donors (Lipinski definition) is 2. The zero-order valence-corrected chi connectivity index (χ0v) is 14.5. The number of likely N-dealkylation sites (N-methyl/N-ethyl adjacent to an activating group) is 1. The molecule has 0 saturated carbocycles. The molecule has 7 heteroatoms. The van der Waals surface area contributed by atoms with E-state index >= 15 is 0 Å². The Morgan fingerprint density at radius 1 is 1.33 bits per heavy atom. The van der Waals surface area contributed by atoms with E-state index in [0.717, 1.165) is 5.69 Å². The zero-order chi connectivity index (χ0) is 17.7. The summed E-state index contributed by atoms with van der Waals surface area (Å²) in [6, 6.07) is 3.26. The van der Waals surface area contributed by atoms with Crippen molar-refractivity contribution in [2.45, 2.75) is 45.2 Å². The second-order valence-electron chi connectivity index (χ2n) is 6.19. The number of hydrogen-bond acceptors (Lipinski definition) is 3. The number of rotatable bonds is 6. The third-order valence-corrected chi connectivity index (χ3v) is 4.38. The molecule has 0 aliphatic carbocycles. The van der Waals surface area contributed by atoms with Gasteiger partial charge in [-0.2, -0.15) is 0 Å². The van der Waals surface area contributed by atoms with Crippen LogP contribution in [-0.2, 0) is 27.9 Å². The van der Waals surface area contributed by atoms with E-state index in [1.54, 1.807) is 0 Å². The summed E-state index contributed by atoms with van der Waals surface area (Å²) in [5.41, 5.74) is 1.10. The molecule has 132 valence electrons. The van der Waals surface area contributed by atoms with Gasteiger partial charge in [0, 0.05) is 51.4 Å². The monoisotopic (exact) mass is 334 g/mol. The Hall–Kier alpha value is -2.31. The minimum atomic E-state index is -0.499. The number of nitrogens with zero attached hydrogens (tertiary/aromatic N) is 2. The normalized spacial score (nSPS) is 20.0. The highest BCUT2D eigenvalue weighted by Crippen LogP contribution is 2.18. The van der Waals surface area contributed by atoms with Crippen LogP contribution in [-0.4, -0.2) is 52.4 Å². The first-order chi connectivity index (χ1) is 11.4. The third-order valence-electron chi connectivity index (χ3n) is 4.38. The molecule has 1 saturated heterocycles. The Morgan fingerprint density at radius 3 is 2.67 bits per heavy atom. The van der Waals surface area contributed by atoms with Gasteiger partial charge in [-0.15, -0.1) is 0 Å². The first-order valence-electron chi connectivity index (χ1n) is 8.36. The number of carbonyl (C=O) groups is 3. The molecule has 0 spiro atoms. The lowest BCUT2D eigenvalue weighted by atomic mass is 10.1. The topological polar surface area (TPSA) is 83.4 Å². The maximum absolute atomic E-state index is 12.2. The van der Waals surface area contributed by atoms with Gasteiger partial charge in [0.1, 0.15) is 6.04 Å². The van der Waals surface area contributed by atoms with Crippen LogP contribution in [0.15, 0.2) is 18.3 Å². The van der Waals surface area contributed by atoms with E-state index in [4.69, 9.17) is 0 Å². The molecule has 0 radical (unpaired) electrons. The minimum Gasteiger partial charge on any atom is -0.355 e. The van der Waals surface area contributed by atoms with Crippen molar-refractivity contribution in [1.82, 2.24) is 20.1 Å². The summed E-state index contributed by atoms with van der Waals surface area (Å²) in [6.07, 6.45) is 3.46. The molecular weight excluding hydrogens is 308 g/mol. The molecule has 1 aliphatic rings. The van der Waals surface area contributed by atoms with Gasteiger partial charge in [-0.3, -0.25) is 14.4 Å². The summed E-state index contributed by atoms with van der Waals surface area (Å²) in [4.78, 5) is 37.5. The van der Waals surface area contributed by atoms with Gasteiger partial charge in [0.15, 0.2) is 0 Å². The average molecular weight is 334 g/mol. The SMILES string of the molecule is CCNC(=O)C1CC(NC(=O)CCc2cccn2C)CN1C(C)=O. The smallest absolute Gasteiger partial charge is 0.242 e. The maximum atomic E-state index is 12.2. The fourth-order valence-corrected chi connectivity index (χ4v) is 3.13. The first kappa shape index (κ1) is 18.0. The van der Waals surface area contributed by atoms with Crippen LogP contribution in [0.5, 0.6) is 0 Å². The second kappa shape index (κ2) is 7.99. The largest absolute Gasteiger partial charge is 0.355 e. The predicted molar refractivity (Wildman–Crippen MR) is 90.1 cm³/mol. The van der Waals surface area contributed by atoms with E-state index in [1.165, 1.54) is 11.8 Å². The molecule has 1 aliphatic heterocycles. The van der Waals surface area contributed by atoms with Gasteiger partial charge >= 0.3 is 0 Å². The van der Waals surface area contributed by atoms with E-state index in [9.17, 15) is 14.4 Å². The van der Waals surface area contributed by atoms with E-state index in [0.29, 0.717) is 32.4 Å². The lowest BCUT2D eigenvalue weighted by molar-refractivity contribution is -0.136. The molecule has 2 rings (SSSR count). The molecular formula is C17H26N4O3. The molecule has 24 heavy (non-hydrogen) atoms. The molecule has 2 atom stereocenters. The highest BCUT2D eigenvalue weighted by Gasteiger charge is 2.38. The second-order valence-corrected chi connectivity index (χ2v) is 6.19. The van der Waals surface area contributed by atoms with Gasteiger partial charge in [-0.25, -0.2) is 0 Å². The molecule has 1 aromatic heterocycles. The standard InChI is InChI=1S/C17H26N4O3/c1-4-18-17(24)15-10-13(11-21(15)12(2)22)19-16(23)8-7-14-6-5-9-20(14)3/h5-6,9,13,15H,4,7-8,10-11H2,1-3H3,(H,18,24)(H,19,23). The summed E-state index contributed by atoms with van der Waals surface area (Å²) < 4.78 is 1.99. The Kier molecular flexibility index (Phi) is 6.00. The van der Waals surface area contributed by atoms with Gasteiger partial charge in [-0.1, -0.05) is 0 Å². The highest BCUT2D eigenvalue weighted by molar-refractivity contribution is 5.88. The summed E-state index contributed by atoms with van der Waals surface area (Å²) >= 11 is 0. The molecule has 7 nitrogen and oxygen atoms in total. The van der Waals surface area contributed by atoms with Gasteiger partial charge in [0.25, 0.3) is 0 Å². The van der Waals surface area contributed by atoms with Crippen LogP contribution in [0.4, 0.5) is 0 Å². The van der Waals surface area contributed by atoms with Crippen LogP contribution >= 0.6 is 0 Å². The number of carbonyl (C=O) groups excluding carboxylic acids is 3. The Morgan fingerprint density at radius 2 is 2.08 bits per heavy atom. The van der Waals surface area contributed by atoms with Crippen LogP contribution in [0.1, 0.15) is 32.4 Å². The fourth-order valence-electron chi connectivity index (χ4n) is 3.13. The van der Waals surface area contributed by atoms with Crippen molar-refractivity contribution >= 4 is 17.7 Å². The van der Waals surface area contributed by atoms with Crippen LogP contribution in [0.2, 0.25) is 0 Å². The molecule has 0 aromatic carbocycles. The third kappa shape index (κ3) is 4.37. The molecule has 0 bridgehead atoms. The average Bonchev–Trinajstić information content (AvgIpc) is 3.12. The number of nitrogens with one attached hydrogen (secondary N) is 2. The van der Waals surface area contributed by atoms with Crippen molar-refractivity contribution in [3.05, 3.63) is 24.0 Å². The van der Waals surface area contributed by atoms with Crippen LogP contribution < -0.4 is 10.6 Å². The van der Waals surface area contributed by atoms with Gasteiger partial charge in [-0.05, 0) is 31.9 Å². The number of aromatic nitrogens is 1. The minimum absolute atomic E-state index is 0.0544. The van der Waals surface area contributed by atoms with Crippen LogP contribution in [0.25, 0.3) is 0 Å². The number of likely N-dealkylation sites (tertiary alicyclic amines) is 1. The molecule has 2 heterocycles. The van der Waals surface area contributed by atoms with Crippen molar-refractivity contribution < 1.29 is 14.4 Å². The van der Waals surface area contributed by atoms with Crippen molar-refractivity contribution in [1.29, 1.82) is 0 Å². The highest BCUT2D eigenvalue weighted by atomic mass is 16.2. The lowest BCUT2D eigenvalue weighted by Gasteiger charge is -2.21. The van der Waals surface area contributed by atoms with Crippen molar-refractivity contribution in [3.63, 3.8) is 0 Å². The number of aryl methyl sites for hydroxylation is 2. The quantitative estimate of drug-likeness (QED) is 0.779. The van der Waals surface area contributed by atoms with E-state index in [1.807, 2.05) is 36.9 Å². The Bertz CT molecular complexity index is 611. The molecule has 2 unspecified atom stereocenters. The zero-order valence-electron chi connectivity index (χ0n) is 14.5.